The number of carboxylic acids is 1. The van der Waals surface area contributed by atoms with Gasteiger partial charge in [0.25, 0.3) is 5.22 Å². The average molecular weight is 280 g/mol. The maximum atomic E-state index is 10.4. The molecule has 0 atom stereocenters. The Balaban J connectivity index is 2.05. The van der Waals surface area contributed by atoms with E-state index in [1.807, 2.05) is 18.2 Å². The predicted molar refractivity (Wildman–Crippen MR) is 69.3 cm³/mol. The van der Waals surface area contributed by atoms with Crippen molar-refractivity contribution in [3.63, 3.8) is 0 Å². The third kappa shape index (κ3) is 3.72. The van der Waals surface area contributed by atoms with Gasteiger partial charge in [0.2, 0.25) is 5.89 Å². The number of nitrogens with zero attached hydrogens (tertiary/aromatic N) is 2. The van der Waals surface area contributed by atoms with Gasteiger partial charge in [0.05, 0.1) is 13.5 Å². The molecule has 0 fully saturated rings. The number of rotatable bonds is 6. The van der Waals surface area contributed by atoms with Crippen LogP contribution in [0.5, 0.6) is 5.75 Å². The van der Waals surface area contributed by atoms with Gasteiger partial charge in [-0.3, -0.25) is 4.79 Å². The zero-order valence-electron chi connectivity index (χ0n) is 10.2. The van der Waals surface area contributed by atoms with Crippen LogP contribution in [-0.4, -0.2) is 34.1 Å². The van der Waals surface area contributed by atoms with Crippen LogP contribution in [0, 0.1) is 0 Å². The quantitative estimate of drug-likeness (QED) is 0.812. The van der Waals surface area contributed by atoms with E-state index in [2.05, 4.69) is 10.2 Å². The van der Waals surface area contributed by atoms with Crippen LogP contribution in [0.25, 0.3) is 11.5 Å². The highest BCUT2D eigenvalue weighted by molar-refractivity contribution is 7.99. The number of carbonyl (C=O) groups is 1. The number of thioether (sulfide) groups is 1. The lowest BCUT2D eigenvalue weighted by atomic mass is 10.2. The Hall–Kier alpha value is -2.02. The highest BCUT2D eigenvalue weighted by Gasteiger charge is 2.10. The molecule has 19 heavy (non-hydrogen) atoms. The van der Waals surface area contributed by atoms with E-state index in [-0.39, 0.29) is 6.42 Å². The Kier molecular flexibility index (Phi) is 4.40. The van der Waals surface area contributed by atoms with Gasteiger partial charge in [0.1, 0.15) is 5.75 Å². The van der Waals surface area contributed by atoms with Crippen LogP contribution in [0.1, 0.15) is 6.42 Å². The van der Waals surface area contributed by atoms with Gasteiger partial charge in [0, 0.05) is 11.3 Å². The summed E-state index contributed by atoms with van der Waals surface area (Å²) < 4.78 is 10.6. The van der Waals surface area contributed by atoms with Crippen LogP contribution in [0.3, 0.4) is 0 Å². The van der Waals surface area contributed by atoms with Gasteiger partial charge in [-0.05, 0) is 18.2 Å². The molecule has 1 aromatic carbocycles. The molecule has 0 aliphatic carbocycles. The summed E-state index contributed by atoms with van der Waals surface area (Å²) in [5, 5.41) is 16.7. The molecular formula is C12H12N2O4S. The first-order valence-corrected chi connectivity index (χ1v) is 6.50. The van der Waals surface area contributed by atoms with Crippen LogP contribution < -0.4 is 4.74 Å². The molecular weight excluding hydrogens is 268 g/mol. The highest BCUT2D eigenvalue weighted by atomic mass is 32.2. The fourth-order valence-corrected chi connectivity index (χ4v) is 2.05. The minimum Gasteiger partial charge on any atom is -0.497 e. The third-order valence-electron chi connectivity index (χ3n) is 2.26. The second-order valence-corrected chi connectivity index (χ2v) is 4.64. The van der Waals surface area contributed by atoms with Crippen LogP contribution in [0.15, 0.2) is 33.9 Å². The molecule has 2 aromatic rings. The predicted octanol–water partition coefficient (Wildman–Crippen LogP) is 2.31. The Morgan fingerprint density at radius 1 is 1.47 bits per heavy atom. The molecule has 0 aliphatic heterocycles. The van der Waals surface area contributed by atoms with Gasteiger partial charge in [-0.15, -0.1) is 10.2 Å². The summed E-state index contributed by atoms with van der Waals surface area (Å²) in [4.78, 5) is 10.4. The first-order valence-electron chi connectivity index (χ1n) is 5.51. The Bertz CT molecular complexity index is 570. The summed E-state index contributed by atoms with van der Waals surface area (Å²) >= 11 is 1.22. The average Bonchev–Trinajstić information content (AvgIpc) is 2.87. The molecule has 6 nitrogen and oxygen atoms in total. The van der Waals surface area contributed by atoms with Gasteiger partial charge in [-0.2, -0.15) is 0 Å². The van der Waals surface area contributed by atoms with E-state index >= 15 is 0 Å². The number of hydrogen-bond acceptors (Lipinski definition) is 6. The van der Waals surface area contributed by atoms with Crippen molar-refractivity contribution in [1.82, 2.24) is 10.2 Å². The first kappa shape index (κ1) is 13.4. The van der Waals surface area contributed by atoms with Crippen molar-refractivity contribution in [1.29, 1.82) is 0 Å². The molecule has 0 saturated heterocycles. The van der Waals surface area contributed by atoms with Crippen molar-refractivity contribution < 1.29 is 19.1 Å². The monoisotopic (exact) mass is 280 g/mol. The number of ether oxygens (including phenoxy) is 1. The van der Waals surface area contributed by atoms with Crippen molar-refractivity contribution in [2.24, 2.45) is 0 Å². The SMILES string of the molecule is COc1cccc(-c2nnc(SCCC(=O)O)o2)c1. The molecule has 0 saturated carbocycles. The lowest BCUT2D eigenvalue weighted by Gasteiger charge is -2.00. The van der Waals surface area contributed by atoms with E-state index in [0.717, 1.165) is 5.56 Å². The molecule has 100 valence electrons. The molecule has 0 bridgehead atoms. The van der Waals surface area contributed by atoms with Crippen molar-refractivity contribution in [2.75, 3.05) is 12.9 Å². The van der Waals surface area contributed by atoms with E-state index in [1.165, 1.54) is 11.8 Å². The van der Waals surface area contributed by atoms with E-state index in [4.69, 9.17) is 14.3 Å². The van der Waals surface area contributed by atoms with Crippen molar-refractivity contribution in [3.05, 3.63) is 24.3 Å². The van der Waals surface area contributed by atoms with Crippen molar-refractivity contribution >= 4 is 17.7 Å². The maximum absolute atomic E-state index is 10.4. The molecule has 7 heteroatoms. The first-order chi connectivity index (χ1) is 9.19. The minimum atomic E-state index is -0.847. The summed E-state index contributed by atoms with van der Waals surface area (Å²) in [6.07, 6.45) is 0.0571. The maximum Gasteiger partial charge on any atom is 0.304 e. The van der Waals surface area contributed by atoms with Gasteiger partial charge >= 0.3 is 5.97 Å². The molecule has 0 spiro atoms. The summed E-state index contributed by atoms with van der Waals surface area (Å²) in [5.41, 5.74) is 0.761. The highest BCUT2D eigenvalue weighted by Crippen LogP contribution is 2.25. The molecule has 1 heterocycles. The number of aliphatic carboxylic acids is 1. The summed E-state index contributed by atoms with van der Waals surface area (Å²) in [6.45, 7) is 0. The molecule has 0 amide bonds. The normalized spacial score (nSPS) is 10.4. The lowest BCUT2D eigenvalue weighted by molar-refractivity contribution is -0.136. The Morgan fingerprint density at radius 3 is 3.05 bits per heavy atom. The summed E-state index contributed by atoms with van der Waals surface area (Å²) in [7, 11) is 1.58. The van der Waals surface area contributed by atoms with Crippen molar-refractivity contribution in [3.8, 4) is 17.2 Å². The van der Waals surface area contributed by atoms with Crippen LogP contribution in [-0.2, 0) is 4.79 Å². The summed E-state index contributed by atoms with van der Waals surface area (Å²) in [5.74, 6) is 0.641. The topological polar surface area (TPSA) is 85.5 Å². The van der Waals surface area contributed by atoms with E-state index in [9.17, 15) is 4.79 Å². The lowest BCUT2D eigenvalue weighted by Crippen LogP contribution is -1.95. The largest absolute Gasteiger partial charge is 0.497 e. The fraction of sp³-hybridized carbons (Fsp3) is 0.250. The second kappa shape index (κ2) is 6.24. The van der Waals surface area contributed by atoms with Crippen LogP contribution in [0.4, 0.5) is 0 Å². The molecule has 0 aliphatic rings. The van der Waals surface area contributed by atoms with Gasteiger partial charge in [-0.1, -0.05) is 17.8 Å². The second-order valence-electron chi connectivity index (χ2n) is 3.60. The smallest absolute Gasteiger partial charge is 0.304 e. The third-order valence-corrected chi connectivity index (χ3v) is 3.08. The van der Waals surface area contributed by atoms with Gasteiger partial charge in [-0.25, -0.2) is 0 Å². The van der Waals surface area contributed by atoms with Crippen molar-refractivity contribution in [2.45, 2.75) is 11.6 Å². The Labute approximate surface area is 113 Å². The van der Waals surface area contributed by atoms with E-state index in [0.29, 0.717) is 22.6 Å². The zero-order chi connectivity index (χ0) is 13.7. The van der Waals surface area contributed by atoms with Crippen LogP contribution in [0.2, 0.25) is 0 Å². The van der Waals surface area contributed by atoms with Crippen LogP contribution >= 0.6 is 11.8 Å². The number of hydrogen-bond donors (Lipinski definition) is 1. The van der Waals surface area contributed by atoms with Gasteiger partial charge in [0.15, 0.2) is 0 Å². The Morgan fingerprint density at radius 2 is 2.32 bits per heavy atom. The van der Waals surface area contributed by atoms with E-state index < -0.39 is 5.97 Å². The molecule has 1 aromatic heterocycles. The minimum absolute atomic E-state index is 0.0571. The number of aromatic nitrogens is 2. The number of carboxylic acid groups (broad SMARTS) is 1. The number of benzene rings is 1. The van der Waals surface area contributed by atoms with E-state index in [1.54, 1.807) is 13.2 Å². The molecule has 1 N–H and O–H groups in total. The zero-order valence-corrected chi connectivity index (χ0v) is 11.0. The molecule has 0 unspecified atom stereocenters. The molecule has 0 radical (unpaired) electrons. The molecule has 2 rings (SSSR count). The number of methoxy groups -OCH3 is 1. The fourth-order valence-electron chi connectivity index (χ4n) is 1.37. The van der Waals surface area contributed by atoms with Gasteiger partial charge < -0.3 is 14.3 Å². The summed E-state index contributed by atoms with van der Waals surface area (Å²) in [6, 6.07) is 7.28. The standard InChI is InChI=1S/C12H12N2O4S/c1-17-9-4-2-3-8(7-9)11-13-14-12(18-11)19-6-5-10(15)16/h2-4,7H,5-6H2,1H3,(H,15,16).